The normalized spacial score (nSPS) is 10.2. The van der Waals surface area contributed by atoms with Crippen LogP contribution in [-0.4, -0.2) is 28.4 Å². The predicted molar refractivity (Wildman–Crippen MR) is 56.8 cm³/mol. The van der Waals surface area contributed by atoms with E-state index < -0.39 is 11.7 Å². The predicted octanol–water partition coefficient (Wildman–Crippen LogP) is 0.718. The highest BCUT2D eigenvalue weighted by Gasteiger charge is 2.16. The number of nitrogens with zero attached hydrogens (tertiary/aromatic N) is 2. The summed E-state index contributed by atoms with van der Waals surface area (Å²) in [6, 6.07) is 4.19. The van der Waals surface area contributed by atoms with Crippen molar-refractivity contribution in [1.82, 2.24) is 15.4 Å². The van der Waals surface area contributed by atoms with E-state index in [0.717, 1.165) is 0 Å². The summed E-state index contributed by atoms with van der Waals surface area (Å²) in [5.41, 5.74) is 5.68. The number of nitrogens with two attached hydrogens (primary N) is 1. The van der Waals surface area contributed by atoms with Crippen LogP contribution in [0.1, 0.15) is 10.5 Å². The molecule has 0 aliphatic carbocycles. The molecule has 17 heavy (non-hydrogen) atoms. The lowest BCUT2D eigenvalue weighted by Gasteiger charge is -2.03. The molecule has 0 fully saturated rings. The van der Waals surface area contributed by atoms with Crippen molar-refractivity contribution in [2.75, 3.05) is 7.11 Å². The maximum absolute atomic E-state index is 13.5. The van der Waals surface area contributed by atoms with Gasteiger partial charge in [-0.25, -0.2) is 4.39 Å². The number of amides is 1. The monoisotopic (exact) mass is 236 g/mol. The average Bonchev–Trinajstić information content (AvgIpc) is 2.77. The van der Waals surface area contributed by atoms with Crippen LogP contribution >= 0.6 is 0 Å². The largest absolute Gasteiger partial charge is 0.494 e. The van der Waals surface area contributed by atoms with E-state index in [0.29, 0.717) is 5.56 Å². The lowest BCUT2D eigenvalue weighted by Crippen LogP contribution is -2.12. The molecule has 2 aromatic rings. The van der Waals surface area contributed by atoms with Gasteiger partial charge in [0.2, 0.25) is 0 Å². The lowest BCUT2D eigenvalue weighted by molar-refractivity contribution is 0.0996. The molecule has 0 atom stereocenters. The molecule has 7 heteroatoms. The molecule has 0 saturated heterocycles. The third-order valence-electron chi connectivity index (χ3n) is 2.21. The summed E-state index contributed by atoms with van der Waals surface area (Å²) >= 11 is 0. The Morgan fingerprint density at radius 1 is 1.47 bits per heavy atom. The maximum atomic E-state index is 13.5. The summed E-state index contributed by atoms with van der Waals surface area (Å²) in [4.78, 5) is 11.0. The molecule has 0 unspecified atom stereocenters. The summed E-state index contributed by atoms with van der Waals surface area (Å²) < 4.78 is 18.3. The Bertz CT molecular complexity index is 567. The fourth-order valence-electron chi connectivity index (χ4n) is 1.42. The number of aromatic amines is 1. The minimum absolute atomic E-state index is 0.0328. The quantitative estimate of drug-likeness (QED) is 0.820. The van der Waals surface area contributed by atoms with Gasteiger partial charge in [0.1, 0.15) is 5.69 Å². The fourth-order valence-corrected chi connectivity index (χ4v) is 1.42. The number of carbonyl (C=O) groups is 1. The number of benzene rings is 1. The van der Waals surface area contributed by atoms with Crippen LogP contribution in [0, 0.1) is 5.82 Å². The fraction of sp³-hybridized carbons (Fsp3) is 0.100. The van der Waals surface area contributed by atoms with Crippen LogP contribution in [0.4, 0.5) is 4.39 Å². The molecule has 0 bridgehead atoms. The van der Waals surface area contributed by atoms with Gasteiger partial charge in [-0.1, -0.05) is 0 Å². The van der Waals surface area contributed by atoms with Gasteiger partial charge in [-0.05, 0) is 18.2 Å². The molecule has 0 saturated carbocycles. The molecule has 2 rings (SSSR count). The van der Waals surface area contributed by atoms with Gasteiger partial charge in [-0.3, -0.25) is 4.79 Å². The van der Waals surface area contributed by atoms with Crippen LogP contribution in [0.5, 0.6) is 5.75 Å². The number of halogens is 1. The molecule has 88 valence electrons. The van der Waals surface area contributed by atoms with E-state index in [4.69, 9.17) is 10.5 Å². The highest BCUT2D eigenvalue weighted by atomic mass is 19.1. The molecule has 0 aliphatic heterocycles. The second-order valence-corrected chi connectivity index (χ2v) is 3.23. The van der Waals surface area contributed by atoms with Crippen molar-refractivity contribution in [3.05, 3.63) is 29.7 Å². The first-order valence-electron chi connectivity index (χ1n) is 4.68. The Hall–Kier alpha value is -2.44. The summed E-state index contributed by atoms with van der Waals surface area (Å²) in [6.07, 6.45) is 0. The molecule has 0 radical (unpaired) electrons. The number of hydrogen-bond donors (Lipinski definition) is 2. The first kappa shape index (κ1) is 11.1. The zero-order valence-corrected chi connectivity index (χ0v) is 8.90. The van der Waals surface area contributed by atoms with Crippen molar-refractivity contribution in [2.45, 2.75) is 0 Å². The lowest BCUT2D eigenvalue weighted by atomic mass is 10.1. The third kappa shape index (κ3) is 1.94. The van der Waals surface area contributed by atoms with E-state index in [1.54, 1.807) is 6.07 Å². The van der Waals surface area contributed by atoms with Gasteiger partial charge >= 0.3 is 0 Å². The zero-order valence-electron chi connectivity index (χ0n) is 8.90. The highest BCUT2D eigenvalue weighted by molar-refractivity contribution is 5.96. The SMILES string of the molecule is COc1ccc(-c2n[nH]nc2C(N)=O)cc1F. The van der Waals surface area contributed by atoms with Crippen LogP contribution < -0.4 is 10.5 Å². The Labute approximate surface area is 95.6 Å². The van der Waals surface area contributed by atoms with E-state index in [2.05, 4.69) is 15.4 Å². The summed E-state index contributed by atoms with van der Waals surface area (Å²) in [7, 11) is 1.36. The number of primary amides is 1. The Balaban J connectivity index is 2.50. The van der Waals surface area contributed by atoms with E-state index >= 15 is 0 Å². The highest BCUT2D eigenvalue weighted by Crippen LogP contribution is 2.25. The van der Waals surface area contributed by atoms with Crippen LogP contribution in [0.2, 0.25) is 0 Å². The number of rotatable bonds is 3. The number of ether oxygens (including phenoxy) is 1. The van der Waals surface area contributed by atoms with E-state index in [-0.39, 0.29) is 17.1 Å². The third-order valence-corrected chi connectivity index (χ3v) is 2.21. The second-order valence-electron chi connectivity index (χ2n) is 3.23. The van der Waals surface area contributed by atoms with Gasteiger partial charge in [-0.2, -0.15) is 15.4 Å². The van der Waals surface area contributed by atoms with E-state index in [1.165, 1.54) is 19.2 Å². The van der Waals surface area contributed by atoms with E-state index in [9.17, 15) is 9.18 Å². The molecule has 0 aliphatic rings. The maximum Gasteiger partial charge on any atom is 0.271 e. The Morgan fingerprint density at radius 3 is 2.82 bits per heavy atom. The molecule has 1 heterocycles. The second kappa shape index (κ2) is 4.20. The standard InChI is InChI=1S/C10H9FN4O2/c1-17-7-3-2-5(4-6(7)11)8-9(10(12)16)14-15-13-8/h2-4H,1H3,(H2,12,16)(H,13,14,15). The van der Waals surface area contributed by atoms with Crippen molar-refractivity contribution in [1.29, 1.82) is 0 Å². The first-order valence-corrected chi connectivity index (χ1v) is 4.68. The molecule has 1 amide bonds. The Kier molecular flexibility index (Phi) is 2.73. The van der Waals surface area contributed by atoms with Gasteiger partial charge in [0.15, 0.2) is 17.3 Å². The van der Waals surface area contributed by atoms with Gasteiger partial charge in [0, 0.05) is 5.56 Å². The van der Waals surface area contributed by atoms with Gasteiger partial charge in [0.25, 0.3) is 5.91 Å². The zero-order chi connectivity index (χ0) is 12.4. The number of nitrogens with one attached hydrogen (secondary N) is 1. The topological polar surface area (TPSA) is 93.9 Å². The number of aromatic nitrogens is 3. The van der Waals surface area contributed by atoms with Crippen LogP contribution in [0.3, 0.4) is 0 Å². The smallest absolute Gasteiger partial charge is 0.271 e. The number of carbonyl (C=O) groups excluding carboxylic acids is 1. The minimum Gasteiger partial charge on any atom is -0.494 e. The molecule has 0 spiro atoms. The summed E-state index contributed by atoms with van der Waals surface area (Å²) in [5, 5.41) is 9.63. The van der Waals surface area contributed by atoms with E-state index in [1.807, 2.05) is 0 Å². The molecular formula is C10H9FN4O2. The van der Waals surface area contributed by atoms with Crippen molar-refractivity contribution in [3.63, 3.8) is 0 Å². The van der Waals surface area contributed by atoms with Crippen molar-refractivity contribution in [3.8, 4) is 17.0 Å². The average molecular weight is 236 g/mol. The number of hydrogen-bond acceptors (Lipinski definition) is 4. The minimum atomic E-state index is -0.732. The van der Waals surface area contributed by atoms with Crippen LogP contribution in [-0.2, 0) is 0 Å². The van der Waals surface area contributed by atoms with Crippen molar-refractivity contribution >= 4 is 5.91 Å². The number of H-pyrrole nitrogens is 1. The molecule has 1 aromatic heterocycles. The van der Waals surface area contributed by atoms with Gasteiger partial charge in [-0.15, -0.1) is 0 Å². The van der Waals surface area contributed by atoms with Crippen molar-refractivity contribution in [2.24, 2.45) is 5.73 Å². The Morgan fingerprint density at radius 2 is 2.24 bits per heavy atom. The molecule has 3 N–H and O–H groups in total. The van der Waals surface area contributed by atoms with Gasteiger partial charge < -0.3 is 10.5 Å². The van der Waals surface area contributed by atoms with Crippen molar-refractivity contribution < 1.29 is 13.9 Å². The molecule has 1 aromatic carbocycles. The first-order chi connectivity index (χ1) is 8.13. The van der Waals surface area contributed by atoms with Crippen LogP contribution in [0.15, 0.2) is 18.2 Å². The van der Waals surface area contributed by atoms with Gasteiger partial charge in [0.05, 0.1) is 7.11 Å². The molecular weight excluding hydrogens is 227 g/mol. The summed E-state index contributed by atoms with van der Waals surface area (Å²) in [5.74, 6) is -1.17. The number of methoxy groups -OCH3 is 1. The van der Waals surface area contributed by atoms with Crippen LogP contribution in [0.25, 0.3) is 11.3 Å². The summed E-state index contributed by atoms with van der Waals surface area (Å²) in [6.45, 7) is 0. The molecule has 6 nitrogen and oxygen atoms in total.